The molecule has 2 aromatic carbocycles. The minimum Gasteiger partial charge on any atom is -0.497 e. The smallest absolute Gasteiger partial charge is 0.333 e. The third-order valence-corrected chi connectivity index (χ3v) is 3.60. The summed E-state index contributed by atoms with van der Waals surface area (Å²) in [7, 11) is 1.57. The molecule has 0 aromatic heterocycles. The van der Waals surface area contributed by atoms with Crippen LogP contribution in [-0.2, 0) is 9.53 Å². The van der Waals surface area contributed by atoms with Crippen LogP contribution >= 0.6 is 0 Å². The van der Waals surface area contributed by atoms with Crippen molar-refractivity contribution in [1.29, 1.82) is 5.26 Å². The second kappa shape index (κ2) is 8.55. The lowest BCUT2D eigenvalue weighted by atomic mass is 10.0. The molecular weight excluding hydrogens is 316 g/mol. The first-order valence-corrected chi connectivity index (χ1v) is 7.86. The van der Waals surface area contributed by atoms with Crippen LogP contribution < -0.4 is 10.1 Å². The van der Waals surface area contributed by atoms with Crippen molar-refractivity contribution in [2.75, 3.05) is 19.0 Å². The lowest BCUT2D eigenvalue weighted by Crippen LogP contribution is -2.23. The molecule has 0 heterocycles. The van der Waals surface area contributed by atoms with Gasteiger partial charge in [-0.3, -0.25) is 0 Å². The van der Waals surface area contributed by atoms with Crippen LogP contribution in [0.1, 0.15) is 29.7 Å². The highest BCUT2D eigenvalue weighted by Crippen LogP contribution is 2.27. The monoisotopic (exact) mass is 336 g/mol. The average molecular weight is 336 g/mol. The van der Waals surface area contributed by atoms with Crippen molar-refractivity contribution >= 4 is 17.7 Å². The van der Waals surface area contributed by atoms with Gasteiger partial charge in [-0.2, -0.15) is 5.26 Å². The fraction of sp³-hybridized carbons (Fsp3) is 0.200. The van der Waals surface area contributed by atoms with Crippen molar-refractivity contribution in [1.82, 2.24) is 0 Å². The number of carbonyl (C=O) groups excluding carboxylic acids is 1. The number of nitrogens with zero attached hydrogens (tertiary/aromatic N) is 1. The second-order valence-electron chi connectivity index (χ2n) is 5.26. The summed E-state index contributed by atoms with van der Waals surface area (Å²) in [5.74, 6) is 0.235. The van der Waals surface area contributed by atoms with Gasteiger partial charge in [-0.05, 0) is 60.5 Å². The highest BCUT2D eigenvalue weighted by Gasteiger charge is 2.23. The second-order valence-corrected chi connectivity index (χ2v) is 5.26. The molecule has 1 atom stereocenters. The average Bonchev–Trinajstić information content (AvgIpc) is 2.66. The minimum atomic E-state index is -0.707. The number of hydrogen-bond acceptors (Lipinski definition) is 5. The Labute approximate surface area is 147 Å². The van der Waals surface area contributed by atoms with Crippen molar-refractivity contribution in [3.63, 3.8) is 0 Å². The molecule has 5 nitrogen and oxygen atoms in total. The molecular formula is C20H20N2O3. The molecule has 1 unspecified atom stereocenters. The largest absolute Gasteiger partial charge is 0.497 e. The first kappa shape index (κ1) is 18.1. The zero-order chi connectivity index (χ0) is 18.2. The van der Waals surface area contributed by atoms with Gasteiger partial charge in [-0.1, -0.05) is 12.7 Å². The van der Waals surface area contributed by atoms with Crippen molar-refractivity contribution in [2.24, 2.45) is 0 Å². The Hall–Kier alpha value is -3.26. The summed E-state index contributed by atoms with van der Waals surface area (Å²) in [6, 6.07) is 13.7. The molecule has 0 aliphatic carbocycles. The van der Waals surface area contributed by atoms with Crippen LogP contribution in [0.5, 0.6) is 5.75 Å². The third-order valence-electron chi connectivity index (χ3n) is 3.60. The van der Waals surface area contributed by atoms with Gasteiger partial charge in [0.25, 0.3) is 0 Å². The zero-order valence-electron chi connectivity index (χ0n) is 14.3. The molecule has 0 spiro atoms. The van der Waals surface area contributed by atoms with E-state index in [1.807, 2.05) is 12.1 Å². The van der Waals surface area contributed by atoms with Crippen LogP contribution in [0.2, 0.25) is 0 Å². The molecule has 5 heteroatoms. The fourth-order valence-electron chi connectivity index (χ4n) is 2.36. The van der Waals surface area contributed by atoms with Gasteiger partial charge in [0.1, 0.15) is 5.75 Å². The lowest BCUT2D eigenvalue weighted by molar-refractivity contribution is -0.144. The molecule has 0 bridgehead atoms. The summed E-state index contributed by atoms with van der Waals surface area (Å²) in [5, 5.41) is 12.1. The Morgan fingerprint density at radius 2 is 2.04 bits per heavy atom. The predicted octanol–water partition coefficient (Wildman–Crippen LogP) is 3.93. The number of nitriles is 1. The zero-order valence-corrected chi connectivity index (χ0v) is 14.3. The number of rotatable bonds is 7. The fourth-order valence-corrected chi connectivity index (χ4v) is 2.36. The SMILES string of the molecule is C=Cc1cc(OC)cc(C(Nc2ccc(C#N)cc2)C(=O)OCC)c1. The summed E-state index contributed by atoms with van der Waals surface area (Å²) in [5.41, 5.74) is 2.80. The summed E-state index contributed by atoms with van der Waals surface area (Å²) in [6.45, 7) is 5.81. The molecule has 1 N–H and O–H groups in total. The van der Waals surface area contributed by atoms with E-state index >= 15 is 0 Å². The van der Waals surface area contributed by atoms with E-state index in [0.717, 1.165) is 5.56 Å². The number of benzene rings is 2. The topological polar surface area (TPSA) is 71.3 Å². The minimum absolute atomic E-state index is 0.280. The predicted molar refractivity (Wildman–Crippen MR) is 97.2 cm³/mol. The molecule has 0 saturated carbocycles. The quantitative estimate of drug-likeness (QED) is 0.776. The first-order valence-electron chi connectivity index (χ1n) is 7.86. The maximum absolute atomic E-state index is 12.5. The highest BCUT2D eigenvalue weighted by atomic mass is 16.5. The maximum Gasteiger partial charge on any atom is 0.333 e. The summed E-state index contributed by atoms with van der Waals surface area (Å²) in [4.78, 5) is 12.5. The summed E-state index contributed by atoms with van der Waals surface area (Å²) in [6.07, 6.45) is 1.69. The van der Waals surface area contributed by atoms with E-state index < -0.39 is 12.0 Å². The molecule has 2 rings (SSSR count). The van der Waals surface area contributed by atoms with E-state index in [-0.39, 0.29) is 6.61 Å². The molecule has 0 aliphatic heterocycles. The van der Waals surface area contributed by atoms with Crippen molar-refractivity contribution in [2.45, 2.75) is 13.0 Å². The molecule has 25 heavy (non-hydrogen) atoms. The first-order chi connectivity index (χ1) is 12.1. The van der Waals surface area contributed by atoms with Gasteiger partial charge in [0.05, 0.1) is 25.3 Å². The van der Waals surface area contributed by atoms with E-state index in [9.17, 15) is 4.79 Å². The van der Waals surface area contributed by atoms with E-state index in [1.165, 1.54) is 0 Å². The van der Waals surface area contributed by atoms with Crippen LogP contribution in [0, 0.1) is 11.3 Å². The van der Waals surface area contributed by atoms with Crippen LogP contribution in [0.4, 0.5) is 5.69 Å². The number of methoxy groups -OCH3 is 1. The van der Waals surface area contributed by atoms with E-state index in [4.69, 9.17) is 14.7 Å². The van der Waals surface area contributed by atoms with E-state index in [0.29, 0.717) is 22.6 Å². The van der Waals surface area contributed by atoms with Crippen LogP contribution in [0.15, 0.2) is 49.0 Å². The van der Waals surface area contributed by atoms with E-state index in [1.54, 1.807) is 50.4 Å². The standard InChI is InChI=1S/C20H20N2O3/c1-4-14-10-16(12-18(11-14)24-3)19(20(23)25-5-2)22-17-8-6-15(13-21)7-9-17/h4,6-12,19,22H,1,5H2,2-3H3. The Balaban J connectivity index is 2.40. The van der Waals surface area contributed by atoms with Gasteiger partial charge in [-0.25, -0.2) is 4.79 Å². The van der Waals surface area contributed by atoms with Gasteiger partial charge < -0.3 is 14.8 Å². The van der Waals surface area contributed by atoms with Gasteiger partial charge in [0, 0.05) is 5.69 Å². The number of hydrogen-bond donors (Lipinski definition) is 1. The number of carbonyl (C=O) groups is 1. The molecule has 0 saturated heterocycles. The number of ether oxygens (including phenoxy) is 2. The summed E-state index contributed by atoms with van der Waals surface area (Å²) >= 11 is 0. The molecule has 2 aromatic rings. The van der Waals surface area contributed by atoms with Gasteiger partial charge in [-0.15, -0.1) is 0 Å². The van der Waals surface area contributed by atoms with Crippen molar-refractivity contribution in [3.8, 4) is 11.8 Å². The van der Waals surface area contributed by atoms with Crippen molar-refractivity contribution < 1.29 is 14.3 Å². The Morgan fingerprint density at radius 3 is 2.60 bits per heavy atom. The highest BCUT2D eigenvalue weighted by molar-refractivity contribution is 5.81. The molecule has 0 amide bonds. The number of nitrogens with one attached hydrogen (secondary N) is 1. The van der Waals surface area contributed by atoms with Gasteiger partial charge in [0.2, 0.25) is 0 Å². The van der Waals surface area contributed by atoms with Crippen LogP contribution in [0.3, 0.4) is 0 Å². The normalized spacial score (nSPS) is 11.1. The van der Waals surface area contributed by atoms with Gasteiger partial charge >= 0.3 is 5.97 Å². The number of anilines is 1. The molecule has 128 valence electrons. The lowest BCUT2D eigenvalue weighted by Gasteiger charge is -2.20. The van der Waals surface area contributed by atoms with E-state index in [2.05, 4.69) is 18.0 Å². The molecule has 0 fully saturated rings. The maximum atomic E-state index is 12.5. The summed E-state index contributed by atoms with van der Waals surface area (Å²) < 4.78 is 10.5. The Bertz CT molecular complexity index is 792. The van der Waals surface area contributed by atoms with Gasteiger partial charge in [0.15, 0.2) is 6.04 Å². The van der Waals surface area contributed by atoms with Crippen molar-refractivity contribution in [3.05, 3.63) is 65.7 Å². The Morgan fingerprint density at radius 1 is 1.32 bits per heavy atom. The molecule has 0 aliphatic rings. The van der Waals surface area contributed by atoms with Crippen LogP contribution in [-0.4, -0.2) is 19.7 Å². The Kier molecular flexibility index (Phi) is 6.19. The van der Waals surface area contributed by atoms with Crippen LogP contribution in [0.25, 0.3) is 6.08 Å². The number of esters is 1. The third kappa shape index (κ3) is 4.61. The molecule has 0 radical (unpaired) electrons.